The lowest BCUT2D eigenvalue weighted by Crippen LogP contribution is -2.21. The summed E-state index contributed by atoms with van der Waals surface area (Å²) in [7, 11) is 0. The highest BCUT2D eigenvalue weighted by atomic mass is 16.5. The average molecular weight is 249 g/mol. The van der Waals surface area contributed by atoms with Crippen molar-refractivity contribution in [2.24, 2.45) is 0 Å². The van der Waals surface area contributed by atoms with E-state index in [1.807, 2.05) is 31.2 Å². The molecule has 3 nitrogen and oxygen atoms in total. The minimum atomic E-state index is 0.640. The van der Waals surface area contributed by atoms with Crippen LogP contribution in [0.15, 0.2) is 35.9 Å². The monoisotopic (exact) mass is 249 g/mol. The molecule has 0 heterocycles. The van der Waals surface area contributed by atoms with Gasteiger partial charge in [0.15, 0.2) is 11.5 Å². The quantitative estimate of drug-likeness (QED) is 0.567. The zero-order valence-corrected chi connectivity index (χ0v) is 11.5. The summed E-state index contributed by atoms with van der Waals surface area (Å²) in [6.07, 6.45) is 2.16. The van der Waals surface area contributed by atoms with Gasteiger partial charge in [-0.3, -0.25) is 0 Å². The third-order valence-corrected chi connectivity index (χ3v) is 2.34. The molecule has 3 heteroatoms. The first-order valence-corrected chi connectivity index (χ1v) is 6.42. The molecule has 0 aromatic heterocycles. The average Bonchev–Trinajstić information content (AvgIpc) is 2.35. The molecule has 0 saturated heterocycles. The molecule has 1 N–H and O–H groups in total. The van der Waals surface area contributed by atoms with Crippen molar-refractivity contribution in [3.8, 4) is 11.5 Å². The van der Waals surface area contributed by atoms with Crippen LogP contribution in [-0.4, -0.2) is 26.3 Å². The van der Waals surface area contributed by atoms with E-state index in [0.29, 0.717) is 13.2 Å². The second-order valence-corrected chi connectivity index (χ2v) is 4.21. The zero-order chi connectivity index (χ0) is 13.2. The Balaban J connectivity index is 2.28. The van der Waals surface area contributed by atoms with Gasteiger partial charge in [-0.25, -0.2) is 0 Å². The number of rotatable bonds is 8. The minimum absolute atomic E-state index is 0.640. The van der Waals surface area contributed by atoms with Crippen LogP contribution >= 0.6 is 0 Å². The fourth-order valence-electron chi connectivity index (χ4n) is 1.46. The molecular formula is C15H23NO2. The molecular weight excluding hydrogens is 226 g/mol. The second-order valence-electron chi connectivity index (χ2n) is 4.21. The topological polar surface area (TPSA) is 30.5 Å². The first-order chi connectivity index (χ1) is 8.74. The number of ether oxygens (including phenoxy) is 2. The van der Waals surface area contributed by atoms with E-state index in [-0.39, 0.29) is 0 Å². The highest BCUT2D eigenvalue weighted by Gasteiger charge is 2.02. The molecule has 0 aliphatic rings. The SMILES string of the molecule is CCOc1ccccc1OCCNCC=C(C)C. The van der Waals surface area contributed by atoms with E-state index >= 15 is 0 Å². The van der Waals surface area contributed by atoms with Crippen LogP contribution in [0.4, 0.5) is 0 Å². The Morgan fingerprint density at radius 2 is 1.83 bits per heavy atom. The van der Waals surface area contributed by atoms with Crippen molar-refractivity contribution >= 4 is 0 Å². The molecule has 0 aliphatic carbocycles. The summed E-state index contributed by atoms with van der Waals surface area (Å²) in [6.45, 7) is 9.16. The van der Waals surface area contributed by atoms with Gasteiger partial charge < -0.3 is 14.8 Å². The number of nitrogens with one attached hydrogen (secondary N) is 1. The van der Waals surface area contributed by atoms with Crippen LogP contribution < -0.4 is 14.8 Å². The Bertz CT molecular complexity index is 371. The molecule has 0 radical (unpaired) electrons. The molecule has 0 amide bonds. The highest BCUT2D eigenvalue weighted by Crippen LogP contribution is 2.25. The van der Waals surface area contributed by atoms with E-state index in [9.17, 15) is 0 Å². The van der Waals surface area contributed by atoms with Crippen molar-refractivity contribution in [1.29, 1.82) is 0 Å². The summed E-state index contributed by atoms with van der Waals surface area (Å²) in [5, 5.41) is 3.30. The van der Waals surface area contributed by atoms with Crippen LogP contribution in [0.3, 0.4) is 0 Å². The Morgan fingerprint density at radius 3 is 2.44 bits per heavy atom. The van der Waals surface area contributed by atoms with E-state index in [4.69, 9.17) is 9.47 Å². The van der Waals surface area contributed by atoms with Gasteiger partial charge in [0.2, 0.25) is 0 Å². The zero-order valence-electron chi connectivity index (χ0n) is 11.5. The van der Waals surface area contributed by atoms with E-state index in [0.717, 1.165) is 24.6 Å². The number of benzene rings is 1. The molecule has 1 rings (SSSR count). The standard InChI is InChI=1S/C15H23NO2/c1-4-17-14-7-5-6-8-15(14)18-12-11-16-10-9-13(2)3/h5-9,16H,4,10-12H2,1-3H3. The molecule has 18 heavy (non-hydrogen) atoms. The Morgan fingerprint density at radius 1 is 1.17 bits per heavy atom. The van der Waals surface area contributed by atoms with E-state index < -0.39 is 0 Å². The largest absolute Gasteiger partial charge is 0.490 e. The van der Waals surface area contributed by atoms with Crippen LogP contribution in [0.1, 0.15) is 20.8 Å². The van der Waals surface area contributed by atoms with Crippen LogP contribution in [0.5, 0.6) is 11.5 Å². The molecule has 100 valence electrons. The summed E-state index contributed by atoms with van der Waals surface area (Å²) in [4.78, 5) is 0. The summed E-state index contributed by atoms with van der Waals surface area (Å²) in [5.41, 5.74) is 1.32. The molecule has 1 aromatic carbocycles. The fraction of sp³-hybridized carbons (Fsp3) is 0.467. The lowest BCUT2D eigenvalue weighted by atomic mass is 10.3. The van der Waals surface area contributed by atoms with Crippen molar-refractivity contribution in [2.75, 3.05) is 26.3 Å². The third kappa shape index (κ3) is 5.73. The molecule has 1 aromatic rings. The van der Waals surface area contributed by atoms with Crippen LogP contribution in [0.25, 0.3) is 0 Å². The van der Waals surface area contributed by atoms with Gasteiger partial charge >= 0.3 is 0 Å². The Kier molecular flexibility index (Phi) is 6.96. The van der Waals surface area contributed by atoms with Crippen molar-refractivity contribution in [3.05, 3.63) is 35.9 Å². The van der Waals surface area contributed by atoms with Gasteiger partial charge in [-0.15, -0.1) is 0 Å². The number of allylic oxidation sites excluding steroid dienone is 1. The van der Waals surface area contributed by atoms with Crippen LogP contribution in [-0.2, 0) is 0 Å². The second kappa shape index (κ2) is 8.59. The van der Waals surface area contributed by atoms with E-state index in [1.54, 1.807) is 0 Å². The van der Waals surface area contributed by atoms with Crippen molar-refractivity contribution in [3.63, 3.8) is 0 Å². The molecule has 0 aliphatic heterocycles. The number of para-hydroxylation sites is 2. The van der Waals surface area contributed by atoms with Crippen molar-refractivity contribution in [1.82, 2.24) is 5.32 Å². The molecule has 0 saturated carbocycles. The molecule has 0 atom stereocenters. The summed E-state index contributed by atoms with van der Waals surface area (Å²) >= 11 is 0. The van der Waals surface area contributed by atoms with E-state index in [2.05, 4.69) is 25.2 Å². The Hall–Kier alpha value is -1.48. The first kappa shape index (κ1) is 14.6. The maximum atomic E-state index is 5.69. The molecule has 0 spiro atoms. The van der Waals surface area contributed by atoms with E-state index in [1.165, 1.54) is 5.57 Å². The fourth-order valence-corrected chi connectivity index (χ4v) is 1.46. The predicted molar refractivity (Wildman–Crippen MR) is 75.4 cm³/mol. The van der Waals surface area contributed by atoms with Crippen LogP contribution in [0, 0.1) is 0 Å². The van der Waals surface area contributed by atoms with Crippen molar-refractivity contribution < 1.29 is 9.47 Å². The maximum Gasteiger partial charge on any atom is 0.161 e. The maximum absolute atomic E-state index is 5.69. The van der Waals surface area contributed by atoms with Gasteiger partial charge in [0.1, 0.15) is 6.61 Å². The molecule has 0 bridgehead atoms. The van der Waals surface area contributed by atoms with Crippen LogP contribution in [0.2, 0.25) is 0 Å². The summed E-state index contributed by atoms with van der Waals surface area (Å²) in [5.74, 6) is 1.62. The summed E-state index contributed by atoms with van der Waals surface area (Å²) in [6, 6.07) is 7.76. The molecule has 0 unspecified atom stereocenters. The van der Waals surface area contributed by atoms with Gasteiger partial charge in [-0.05, 0) is 32.9 Å². The lowest BCUT2D eigenvalue weighted by molar-refractivity contribution is 0.277. The number of hydrogen-bond donors (Lipinski definition) is 1. The normalized spacial score (nSPS) is 9.94. The lowest BCUT2D eigenvalue weighted by Gasteiger charge is -2.11. The van der Waals surface area contributed by atoms with Gasteiger partial charge in [0.25, 0.3) is 0 Å². The van der Waals surface area contributed by atoms with Gasteiger partial charge in [0, 0.05) is 13.1 Å². The first-order valence-electron chi connectivity index (χ1n) is 6.42. The highest BCUT2D eigenvalue weighted by molar-refractivity contribution is 5.39. The smallest absolute Gasteiger partial charge is 0.161 e. The minimum Gasteiger partial charge on any atom is -0.490 e. The van der Waals surface area contributed by atoms with Gasteiger partial charge in [-0.2, -0.15) is 0 Å². The number of hydrogen-bond acceptors (Lipinski definition) is 3. The Labute approximate surface area is 110 Å². The van der Waals surface area contributed by atoms with Gasteiger partial charge in [-0.1, -0.05) is 23.8 Å². The van der Waals surface area contributed by atoms with Gasteiger partial charge in [0.05, 0.1) is 6.61 Å². The van der Waals surface area contributed by atoms with Crippen molar-refractivity contribution in [2.45, 2.75) is 20.8 Å². The predicted octanol–water partition coefficient (Wildman–Crippen LogP) is 3.02. The third-order valence-electron chi connectivity index (χ3n) is 2.34. The molecule has 0 fully saturated rings. The summed E-state index contributed by atoms with van der Waals surface area (Å²) < 4.78 is 11.2.